The fourth-order valence-corrected chi connectivity index (χ4v) is 4.50. The fraction of sp³-hybridized carbons (Fsp3) is 0.500. The van der Waals surface area contributed by atoms with Gasteiger partial charge in [0.15, 0.2) is 0 Å². The van der Waals surface area contributed by atoms with Crippen molar-refractivity contribution in [3.8, 4) is 5.75 Å². The zero-order valence-corrected chi connectivity index (χ0v) is 22.0. The maximum Gasteiger partial charge on any atom is 0.295 e. The van der Waals surface area contributed by atoms with Gasteiger partial charge < -0.3 is 24.1 Å². The number of likely N-dealkylation sites (N-methyl/N-ethyl adjacent to an activating group) is 1. The molecule has 2 aromatic rings. The van der Waals surface area contributed by atoms with Gasteiger partial charge in [0.05, 0.1) is 12.2 Å². The molecule has 1 unspecified atom stereocenters. The molecule has 2 heterocycles. The molecule has 1 aromatic heterocycles. The Labute approximate surface area is 208 Å². The van der Waals surface area contributed by atoms with Gasteiger partial charge in [0.25, 0.3) is 11.7 Å². The summed E-state index contributed by atoms with van der Waals surface area (Å²) in [6.45, 7) is 17.2. The monoisotopic (exact) mass is 482 g/mol. The molecular weight excluding hydrogens is 444 g/mol. The Hall–Kier alpha value is -3.06. The minimum absolute atomic E-state index is 0.0490. The molecule has 0 radical (unpaired) electrons. The van der Waals surface area contributed by atoms with Crippen LogP contribution in [0.15, 0.2) is 40.3 Å². The van der Waals surface area contributed by atoms with Gasteiger partial charge in [0, 0.05) is 24.2 Å². The normalized spacial score (nSPS) is 18.1. The maximum atomic E-state index is 13.3. The van der Waals surface area contributed by atoms with E-state index in [4.69, 9.17) is 9.15 Å². The third-order valence-electron chi connectivity index (χ3n) is 6.48. The SMILES string of the molecule is CCOc1ccc(/C(O)=C2/C(=O)C(=O)N(CCN(CC)CC)C2c2ccc(C)o2)cc1C(C)(C)C. The minimum atomic E-state index is -0.788. The Kier molecular flexibility index (Phi) is 8.11. The topological polar surface area (TPSA) is 83.2 Å². The highest BCUT2D eigenvalue weighted by Crippen LogP contribution is 2.41. The Balaban J connectivity index is 2.13. The molecule has 7 heteroatoms. The summed E-state index contributed by atoms with van der Waals surface area (Å²) in [6, 6.07) is 8.15. The second-order valence-electron chi connectivity index (χ2n) is 9.86. The van der Waals surface area contributed by atoms with Gasteiger partial charge in [-0.3, -0.25) is 9.59 Å². The highest BCUT2D eigenvalue weighted by molar-refractivity contribution is 6.46. The number of Topliss-reactive ketones (excluding diaryl/α,β-unsaturated/α-hetero) is 1. The zero-order valence-electron chi connectivity index (χ0n) is 22.0. The van der Waals surface area contributed by atoms with Crippen LogP contribution in [-0.4, -0.2) is 59.4 Å². The van der Waals surface area contributed by atoms with E-state index in [1.807, 2.05) is 26.0 Å². The number of ketones is 1. The molecule has 1 saturated heterocycles. The Morgan fingerprint density at radius 3 is 2.34 bits per heavy atom. The van der Waals surface area contributed by atoms with Crippen molar-refractivity contribution in [2.45, 2.75) is 59.9 Å². The van der Waals surface area contributed by atoms with Gasteiger partial charge in [-0.1, -0.05) is 34.6 Å². The molecule has 3 rings (SSSR count). The fourth-order valence-electron chi connectivity index (χ4n) is 4.50. The number of furan rings is 1. The van der Waals surface area contributed by atoms with Crippen molar-refractivity contribution >= 4 is 17.4 Å². The molecule has 0 aliphatic carbocycles. The van der Waals surface area contributed by atoms with Crippen molar-refractivity contribution in [2.75, 3.05) is 32.8 Å². The van der Waals surface area contributed by atoms with Crippen LogP contribution in [0.3, 0.4) is 0 Å². The first-order chi connectivity index (χ1) is 16.5. The first-order valence-electron chi connectivity index (χ1n) is 12.4. The number of ether oxygens (including phenoxy) is 1. The van der Waals surface area contributed by atoms with Crippen LogP contribution in [0.5, 0.6) is 5.75 Å². The summed E-state index contributed by atoms with van der Waals surface area (Å²) in [7, 11) is 0. The molecule has 0 spiro atoms. The van der Waals surface area contributed by atoms with Crippen molar-refractivity contribution < 1.29 is 23.8 Å². The molecule has 1 atom stereocenters. The van der Waals surface area contributed by atoms with Crippen molar-refractivity contribution in [2.24, 2.45) is 0 Å². The van der Waals surface area contributed by atoms with Crippen molar-refractivity contribution in [3.05, 3.63) is 58.6 Å². The van der Waals surface area contributed by atoms with E-state index in [1.165, 1.54) is 4.90 Å². The van der Waals surface area contributed by atoms with Crippen LogP contribution >= 0.6 is 0 Å². The number of carbonyl (C=O) groups is 2. The lowest BCUT2D eigenvalue weighted by atomic mass is 9.84. The van der Waals surface area contributed by atoms with Gasteiger partial charge in [-0.2, -0.15) is 0 Å². The first kappa shape index (κ1) is 26.5. The molecule has 1 aliphatic heterocycles. The van der Waals surface area contributed by atoms with Crippen molar-refractivity contribution in [1.29, 1.82) is 0 Å². The molecule has 190 valence electrons. The number of amides is 1. The lowest BCUT2D eigenvalue weighted by molar-refractivity contribution is -0.140. The van der Waals surface area contributed by atoms with Crippen LogP contribution in [0, 0.1) is 6.92 Å². The summed E-state index contributed by atoms with van der Waals surface area (Å²) in [6.07, 6.45) is 0. The quantitative estimate of drug-likeness (QED) is 0.306. The number of nitrogens with zero attached hydrogens (tertiary/aromatic N) is 2. The number of likely N-dealkylation sites (tertiary alicyclic amines) is 1. The number of aliphatic hydroxyl groups is 1. The van der Waals surface area contributed by atoms with Crippen LogP contribution in [-0.2, 0) is 15.0 Å². The van der Waals surface area contributed by atoms with Gasteiger partial charge in [-0.25, -0.2) is 0 Å². The zero-order chi connectivity index (χ0) is 25.9. The average Bonchev–Trinajstić information content (AvgIpc) is 3.35. The van der Waals surface area contributed by atoms with E-state index >= 15 is 0 Å². The van der Waals surface area contributed by atoms with Crippen molar-refractivity contribution in [3.63, 3.8) is 0 Å². The minimum Gasteiger partial charge on any atom is -0.507 e. The predicted molar refractivity (Wildman–Crippen MR) is 137 cm³/mol. The Bertz CT molecular complexity index is 1100. The van der Waals surface area contributed by atoms with Gasteiger partial charge in [-0.15, -0.1) is 0 Å². The lowest BCUT2D eigenvalue weighted by Crippen LogP contribution is -2.37. The number of hydrogen-bond donors (Lipinski definition) is 1. The molecule has 1 fully saturated rings. The number of hydrogen-bond acceptors (Lipinski definition) is 6. The van der Waals surface area contributed by atoms with Gasteiger partial charge in [0.2, 0.25) is 0 Å². The van der Waals surface area contributed by atoms with Crippen LogP contribution in [0.4, 0.5) is 0 Å². The lowest BCUT2D eigenvalue weighted by Gasteiger charge is -2.27. The van der Waals surface area contributed by atoms with Crippen LogP contribution in [0.25, 0.3) is 5.76 Å². The number of aryl methyl sites for hydroxylation is 1. The van der Waals surface area contributed by atoms with E-state index in [0.29, 0.717) is 36.8 Å². The van der Waals surface area contributed by atoms with E-state index < -0.39 is 17.7 Å². The molecule has 7 nitrogen and oxygen atoms in total. The van der Waals surface area contributed by atoms with Gasteiger partial charge in [-0.05, 0) is 62.7 Å². The second kappa shape index (κ2) is 10.7. The largest absolute Gasteiger partial charge is 0.507 e. The molecule has 0 saturated carbocycles. The molecule has 0 bridgehead atoms. The van der Waals surface area contributed by atoms with Crippen molar-refractivity contribution in [1.82, 2.24) is 9.80 Å². The van der Waals surface area contributed by atoms with E-state index in [-0.39, 0.29) is 16.7 Å². The smallest absolute Gasteiger partial charge is 0.295 e. The highest BCUT2D eigenvalue weighted by atomic mass is 16.5. The van der Waals surface area contributed by atoms with Crippen LogP contribution < -0.4 is 4.74 Å². The Morgan fingerprint density at radius 1 is 1.11 bits per heavy atom. The molecular formula is C28H38N2O5. The standard InChI is InChI=1S/C28H38N2O5/c1-8-29(9-2)15-16-30-24(22-13-11-18(4)35-22)23(26(32)27(30)33)25(31)19-12-14-21(34-10-3)20(17-19)28(5,6)7/h11-14,17,24,31H,8-10,15-16H2,1-7H3/b25-23-. The van der Waals surface area contributed by atoms with E-state index in [0.717, 1.165) is 24.4 Å². The number of rotatable bonds is 9. The molecule has 1 amide bonds. The second-order valence-corrected chi connectivity index (χ2v) is 9.86. The van der Waals surface area contributed by atoms with Gasteiger partial charge in [0.1, 0.15) is 29.1 Å². The summed E-state index contributed by atoms with van der Waals surface area (Å²) in [5, 5.41) is 11.4. The van der Waals surface area contributed by atoms with Crippen LogP contribution in [0.2, 0.25) is 0 Å². The average molecular weight is 483 g/mol. The summed E-state index contributed by atoms with van der Waals surface area (Å²) >= 11 is 0. The number of aliphatic hydroxyl groups excluding tert-OH is 1. The summed E-state index contributed by atoms with van der Waals surface area (Å²) < 4.78 is 11.7. The van der Waals surface area contributed by atoms with E-state index in [1.54, 1.807) is 18.2 Å². The molecule has 1 aliphatic rings. The Morgan fingerprint density at radius 2 is 1.80 bits per heavy atom. The predicted octanol–water partition coefficient (Wildman–Crippen LogP) is 5.05. The number of carbonyl (C=O) groups excluding carboxylic acids is 2. The first-order valence-corrected chi connectivity index (χ1v) is 12.4. The molecule has 1 aromatic carbocycles. The summed E-state index contributed by atoms with van der Waals surface area (Å²) in [5.41, 5.74) is 1.17. The van der Waals surface area contributed by atoms with Crippen LogP contribution in [0.1, 0.15) is 70.2 Å². The summed E-state index contributed by atoms with van der Waals surface area (Å²) in [5.74, 6) is 0.331. The highest BCUT2D eigenvalue weighted by Gasteiger charge is 2.47. The third kappa shape index (κ3) is 5.45. The molecule has 35 heavy (non-hydrogen) atoms. The maximum absolute atomic E-state index is 13.3. The number of benzene rings is 1. The van der Waals surface area contributed by atoms with E-state index in [2.05, 4.69) is 39.5 Å². The summed E-state index contributed by atoms with van der Waals surface area (Å²) in [4.78, 5) is 30.1. The van der Waals surface area contributed by atoms with E-state index in [9.17, 15) is 14.7 Å². The molecule has 1 N–H and O–H groups in total. The third-order valence-corrected chi connectivity index (χ3v) is 6.48. The van der Waals surface area contributed by atoms with Gasteiger partial charge >= 0.3 is 0 Å².